The molecule has 1 aliphatic heterocycles. The Bertz CT molecular complexity index is 504. The molecule has 1 saturated heterocycles. The molecule has 0 bridgehead atoms. The van der Waals surface area contributed by atoms with Crippen molar-refractivity contribution in [3.8, 4) is 0 Å². The highest BCUT2D eigenvalue weighted by atomic mass is 28.4. The van der Waals surface area contributed by atoms with Crippen molar-refractivity contribution in [1.82, 2.24) is 4.90 Å². The van der Waals surface area contributed by atoms with Crippen LogP contribution in [0.1, 0.15) is 48.0 Å². The highest BCUT2D eigenvalue weighted by molar-refractivity contribution is 6.74. The zero-order valence-electron chi connectivity index (χ0n) is 15.7. The van der Waals surface area contributed by atoms with Gasteiger partial charge in [-0.15, -0.1) is 0 Å². The van der Waals surface area contributed by atoms with E-state index in [1.807, 2.05) is 20.8 Å². The first-order valence-corrected chi connectivity index (χ1v) is 11.4. The number of nitrogens with zero attached hydrogens (tertiary/aromatic N) is 1. The summed E-state index contributed by atoms with van der Waals surface area (Å²) in [6, 6.07) is -0.170. The summed E-state index contributed by atoms with van der Waals surface area (Å²) in [6.45, 7) is 16.8. The molecular formula is C17H31NO4Si. The zero-order chi connectivity index (χ0) is 17.8. The number of carbonyl (C=O) groups excluding carboxylic acids is 2. The fourth-order valence-electron chi connectivity index (χ4n) is 2.70. The van der Waals surface area contributed by atoms with Crippen LogP contribution in [-0.2, 0) is 14.0 Å². The van der Waals surface area contributed by atoms with E-state index < -0.39 is 20.0 Å². The average Bonchev–Trinajstić information content (AvgIpc) is 3.04. The number of hydrogen-bond acceptors (Lipinski definition) is 4. The summed E-state index contributed by atoms with van der Waals surface area (Å²) in [5, 5.41) is 0.106. The van der Waals surface area contributed by atoms with Crippen molar-refractivity contribution in [2.75, 3.05) is 6.61 Å². The van der Waals surface area contributed by atoms with Crippen LogP contribution in [0.5, 0.6) is 0 Å². The van der Waals surface area contributed by atoms with Crippen LogP contribution in [-0.4, -0.2) is 43.5 Å². The summed E-state index contributed by atoms with van der Waals surface area (Å²) >= 11 is 0. The normalized spacial score (nSPS) is 27.9. The monoisotopic (exact) mass is 341 g/mol. The van der Waals surface area contributed by atoms with Crippen LogP contribution in [0.3, 0.4) is 0 Å². The van der Waals surface area contributed by atoms with Gasteiger partial charge in [0.25, 0.3) is 0 Å². The van der Waals surface area contributed by atoms with Gasteiger partial charge in [-0.05, 0) is 51.2 Å². The minimum Gasteiger partial charge on any atom is -0.443 e. The van der Waals surface area contributed by atoms with Gasteiger partial charge in [0.15, 0.2) is 8.32 Å². The van der Waals surface area contributed by atoms with Crippen molar-refractivity contribution in [2.24, 2.45) is 11.8 Å². The molecule has 132 valence electrons. The lowest BCUT2D eigenvalue weighted by Gasteiger charge is -2.38. The first-order valence-electron chi connectivity index (χ1n) is 8.44. The first kappa shape index (κ1) is 18.5. The molecule has 0 aromatic rings. The van der Waals surface area contributed by atoms with Crippen LogP contribution < -0.4 is 0 Å². The third-order valence-corrected chi connectivity index (χ3v) is 9.73. The number of ether oxygens (including phenoxy) is 1. The van der Waals surface area contributed by atoms with E-state index in [0.717, 1.165) is 6.42 Å². The fraction of sp³-hybridized carbons (Fsp3) is 0.882. The lowest BCUT2D eigenvalue weighted by molar-refractivity contribution is -0.131. The minimum atomic E-state index is -1.91. The second-order valence-electron chi connectivity index (χ2n) is 9.33. The number of piperidine rings is 1. The number of rotatable bonds is 3. The second kappa shape index (κ2) is 5.58. The van der Waals surface area contributed by atoms with Gasteiger partial charge >= 0.3 is 6.09 Å². The maximum atomic E-state index is 12.4. The Kier molecular flexibility index (Phi) is 4.48. The Morgan fingerprint density at radius 3 is 2.26 bits per heavy atom. The molecule has 3 atom stereocenters. The molecule has 0 spiro atoms. The Labute approximate surface area is 140 Å². The van der Waals surface area contributed by atoms with E-state index in [1.54, 1.807) is 0 Å². The molecule has 0 aromatic carbocycles. The first-order chi connectivity index (χ1) is 10.2. The maximum Gasteiger partial charge on any atom is 0.417 e. The predicted octanol–water partition coefficient (Wildman–Crippen LogP) is 3.79. The van der Waals surface area contributed by atoms with E-state index in [-0.39, 0.29) is 28.8 Å². The number of amides is 2. The summed E-state index contributed by atoms with van der Waals surface area (Å²) < 4.78 is 11.7. The van der Waals surface area contributed by atoms with Gasteiger partial charge in [-0.3, -0.25) is 4.79 Å². The van der Waals surface area contributed by atoms with Gasteiger partial charge in [0.1, 0.15) is 5.60 Å². The van der Waals surface area contributed by atoms with E-state index in [9.17, 15) is 9.59 Å². The molecule has 6 heteroatoms. The molecular weight excluding hydrogens is 310 g/mol. The lowest BCUT2D eigenvalue weighted by atomic mass is 10.2. The highest BCUT2D eigenvalue weighted by Gasteiger charge is 2.61. The second-order valence-corrected chi connectivity index (χ2v) is 14.1. The van der Waals surface area contributed by atoms with Crippen LogP contribution in [0.25, 0.3) is 0 Å². The third kappa shape index (κ3) is 3.79. The number of imide groups is 1. The van der Waals surface area contributed by atoms with Gasteiger partial charge in [-0.1, -0.05) is 20.8 Å². The topological polar surface area (TPSA) is 55.8 Å². The Morgan fingerprint density at radius 2 is 1.78 bits per heavy atom. The Hall–Kier alpha value is -0.883. The van der Waals surface area contributed by atoms with Crippen molar-refractivity contribution >= 4 is 20.3 Å². The van der Waals surface area contributed by atoms with Crippen molar-refractivity contribution < 1.29 is 18.8 Å². The Morgan fingerprint density at radius 1 is 1.22 bits per heavy atom. The molecule has 2 rings (SSSR count). The van der Waals surface area contributed by atoms with Gasteiger partial charge in [-0.2, -0.15) is 0 Å². The molecule has 0 N–H and O–H groups in total. The van der Waals surface area contributed by atoms with E-state index in [2.05, 4.69) is 33.9 Å². The molecule has 1 aliphatic carbocycles. The maximum absolute atomic E-state index is 12.4. The van der Waals surface area contributed by atoms with Crippen molar-refractivity contribution in [1.29, 1.82) is 0 Å². The van der Waals surface area contributed by atoms with Crippen LogP contribution in [0, 0.1) is 11.8 Å². The summed E-state index contributed by atoms with van der Waals surface area (Å²) in [5.74, 6) is 0.156. The minimum absolute atomic E-state index is 0.00414. The summed E-state index contributed by atoms with van der Waals surface area (Å²) in [7, 11) is -1.91. The van der Waals surface area contributed by atoms with Crippen LogP contribution in [0.4, 0.5) is 4.79 Å². The molecule has 0 aromatic heterocycles. The van der Waals surface area contributed by atoms with E-state index in [0.29, 0.717) is 6.61 Å². The van der Waals surface area contributed by atoms with E-state index in [1.165, 1.54) is 4.90 Å². The van der Waals surface area contributed by atoms with Gasteiger partial charge in [0, 0.05) is 5.92 Å². The van der Waals surface area contributed by atoms with Crippen LogP contribution in [0.2, 0.25) is 18.1 Å². The van der Waals surface area contributed by atoms with Crippen molar-refractivity contribution in [2.45, 2.75) is 77.7 Å². The van der Waals surface area contributed by atoms with Gasteiger partial charge in [0.2, 0.25) is 5.91 Å². The third-order valence-electron chi connectivity index (χ3n) is 5.23. The molecule has 1 heterocycles. The average molecular weight is 342 g/mol. The number of likely N-dealkylation sites (tertiary alicyclic amines) is 1. The van der Waals surface area contributed by atoms with Crippen molar-refractivity contribution in [3.63, 3.8) is 0 Å². The standard InChI is InChI=1S/C17H31NO4Si/c1-16(2,3)22-15(20)18-13(11-9-12(11)14(18)19)10-21-23(7,8)17(4,5)6/h11-13H,9-10H2,1-8H3/t11?,12?,13-/m1/s1. The summed E-state index contributed by atoms with van der Waals surface area (Å²) in [6.07, 6.45) is 0.349. The fourth-order valence-corrected chi connectivity index (χ4v) is 3.72. The van der Waals surface area contributed by atoms with Crippen LogP contribution in [0.15, 0.2) is 0 Å². The molecule has 5 nitrogen and oxygen atoms in total. The molecule has 2 aliphatic rings. The predicted molar refractivity (Wildman–Crippen MR) is 91.6 cm³/mol. The lowest BCUT2D eigenvalue weighted by Crippen LogP contribution is -2.49. The molecule has 1 saturated carbocycles. The van der Waals surface area contributed by atoms with E-state index in [4.69, 9.17) is 9.16 Å². The molecule has 2 amide bonds. The molecule has 2 unspecified atom stereocenters. The van der Waals surface area contributed by atoms with Gasteiger partial charge in [-0.25, -0.2) is 9.69 Å². The quantitative estimate of drug-likeness (QED) is 0.733. The van der Waals surface area contributed by atoms with E-state index >= 15 is 0 Å². The van der Waals surface area contributed by atoms with Gasteiger partial charge < -0.3 is 9.16 Å². The highest BCUT2D eigenvalue weighted by Crippen LogP contribution is 2.51. The number of hydrogen-bond donors (Lipinski definition) is 0. The summed E-state index contributed by atoms with van der Waals surface area (Å²) in [4.78, 5) is 26.1. The summed E-state index contributed by atoms with van der Waals surface area (Å²) in [5.41, 5.74) is -0.602. The number of carbonyl (C=O) groups is 2. The molecule has 23 heavy (non-hydrogen) atoms. The van der Waals surface area contributed by atoms with Crippen molar-refractivity contribution in [3.05, 3.63) is 0 Å². The zero-order valence-corrected chi connectivity index (χ0v) is 16.7. The smallest absolute Gasteiger partial charge is 0.417 e. The Balaban J connectivity index is 2.07. The molecule has 0 radical (unpaired) electrons. The van der Waals surface area contributed by atoms with Gasteiger partial charge in [0.05, 0.1) is 12.6 Å². The number of fused-ring (bicyclic) bond motifs is 1. The molecule has 2 fully saturated rings. The van der Waals surface area contributed by atoms with Crippen LogP contribution >= 0.6 is 0 Å². The largest absolute Gasteiger partial charge is 0.443 e. The SMILES string of the molecule is CC(C)(C)OC(=O)N1C(=O)C2CC2[C@H]1CO[Si](C)(C)C(C)(C)C.